The molecule has 2 aromatic carbocycles. The number of hydrogen-bond acceptors (Lipinski definition) is 8. The Kier molecular flexibility index (Phi) is 10.2. The molecule has 3 rings (SSSR count). The topological polar surface area (TPSA) is 241 Å². The summed E-state index contributed by atoms with van der Waals surface area (Å²) in [5.74, 6) is -7.47. The molecule has 15 heteroatoms. The first-order valence-corrected chi connectivity index (χ1v) is 13.2. The van der Waals surface area contributed by atoms with E-state index in [1.54, 1.807) is 36.4 Å². The van der Waals surface area contributed by atoms with Gasteiger partial charge >= 0.3 is 18.0 Å². The van der Waals surface area contributed by atoms with Crippen LogP contribution in [0.2, 0.25) is 0 Å². The monoisotopic (exact) mass is 595 g/mol. The van der Waals surface area contributed by atoms with Gasteiger partial charge in [0.25, 0.3) is 11.6 Å². The molecule has 0 spiro atoms. The van der Waals surface area contributed by atoms with Crippen LogP contribution in [0.1, 0.15) is 31.7 Å². The standard InChI is InChI=1S/C28H33N7O8/c1-17(36)28(25(41)42,34(19-11-6-3-7-12-19)23(39)20(29)15-22(37)38)35-24(40)21(13-8-14-32-26(30)31)33(27(35)43)16-18-9-4-2-5-10-18/h2-7,9-12,20-21H,8,13-16,29H2,1H3,(H,37,38)(H,41,42)(H4,30,31,32)/t20-,21-,28+/m0/s1. The highest BCUT2D eigenvalue weighted by atomic mass is 16.4. The maximum atomic E-state index is 14.1. The number of carbonyl (C=O) groups is 6. The Morgan fingerprint density at radius 2 is 1.63 bits per heavy atom. The van der Waals surface area contributed by atoms with Crippen LogP contribution in [0, 0.1) is 5.41 Å². The quantitative estimate of drug-likeness (QED) is 0.0570. The van der Waals surface area contributed by atoms with E-state index in [1.165, 1.54) is 24.3 Å². The third kappa shape index (κ3) is 6.62. The molecule has 0 unspecified atom stereocenters. The van der Waals surface area contributed by atoms with Crippen LogP contribution in [-0.4, -0.2) is 85.8 Å². The number of anilines is 1. The zero-order valence-electron chi connectivity index (χ0n) is 23.3. The van der Waals surface area contributed by atoms with Crippen LogP contribution in [0.4, 0.5) is 10.5 Å². The molecule has 4 amide bonds. The number of carboxylic acids is 2. The number of nitrogens with one attached hydrogen (secondary N) is 2. The van der Waals surface area contributed by atoms with Gasteiger partial charge in [-0.3, -0.25) is 29.5 Å². The highest BCUT2D eigenvalue weighted by Crippen LogP contribution is 2.37. The lowest BCUT2D eigenvalue weighted by molar-refractivity contribution is -0.161. The second kappa shape index (κ2) is 13.6. The highest BCUT2D eigenvalue weighted by Gasteiger charge is 2.65. The molecule has 1 fully saturated rings. The number of aliphatic carboxylic acids is 2. The number of guanidine groups is 1. The van der Waals surface area contributed by atoms with E-state index in [4.69, 9.17) is 16.9 Å². The molecule has 0 radical (unpaired) electrons. The molecule has 15 nitrogen and oxygen atoms in total. The van der Waals surface area contributed by atoms with Gasteiger partial charge in [-0.15, -0.1) is 0 Å². The van der Waals surface area contributed by atoms with Crippen molar-refractivity contribution in [2.24, 2.45) is 11.5 Å². The predicted molar refractivity (Wildman–Crippen MR) is 152 cm³/mol. The molecule has 3 atom stereocenters. The van der Waals surface area contributed by atoms with Gasteiger partial charge in [0.2, 0.25) is 5.91 Å². The summed E-state index contributed by atoms with van der Waals surface area (Å²) in [5.41, 5.74) is 8.33. The van der Waals surface area contributed by atoms with Crippen molar-refractivity contribution in [2.75, 3.05) is 11.4 Å². The minimum Gasteiger partial charge on any atom is -0.481 e. The number of carboxylic acid groups (broad SMARTS) is 2. The first-order chi connectivity index (χ1) is 20.3. The average molecular weight is 596 g/mol. The van der Waals surface area contributed by atoms with Crippen LogP contribution in [0.25, 0.3) is 0 Å². The van der Waals surface area contributed by atoms with Crippen molar-refractivity contribution in [3.8, 4) is 0 Å². The minimum absolute atomic E-state index is 0.0143. The third-order valence-corrected chi connectivity index (χ3v) is 6.87. The van der Waals surface area contributed by atoms with Gasteiger partial charge in [0.15, 0.2) is 11.7 Å². The predicted octanol–water partition coefficient (Wildman–Crippen LogP) is 0.288. The molecule has 0 saturated carbocycles. The van der Waals surface area contributed by atoms with Gasteiger partial charge in [-0.25, -0.2) is 14.5 Å². The van der Waals surface area contributed by atoms with Crippen molar-refractivity contribution in [2.45, 2.75) is 50.5 Å². The van der Waals surface area contributed by atoms with E-state index >= 15 is 0 Å². The largest absolute Gasteiger partial charge is 0.481 e. The summed E-state index contributed by atoms with van der Waals surface area (Å²) in [6, 6.07) is 11.2. The van der Waals surface area contributed by atoms with Gasteiger partial charge in [-0.2, -0.15) is 0 Å². The Morgan fingerprint density at radius 3 is 2.14 bits per heavy atom. The van der Waals surface area contributed by atoms with Crippen LogP contribution < -0.4 is 21.7 Å². The van der Waals surface area contributed by atoms with Crippen LogP contribution in [0.15, 0.2) is 60.7 Å². The number of amides is 4. The van der Waals surface area contributed by atoms with Crippen LogP contribution in [-0.2, 0) is 30.5 Å². The number of rotatable bonds is 14. The molecule has 1 aliphatic rings. The Balaban J connectivity index is 2.22. The number of ketones is 1. The summed E-state index contributed by atoms with van der Waals surface area (Å²) >= 11 is 0. The lowest BCUT2D eigenvalue weighted by atomic mass is 9.97. The van der Waals surface area contributed by atoms with Crippen molar-refractivity contribution in [3.05, 3.63) is 66.2 Å². The second-order valence-corrected chi connectivity index (χ2v) is 9.82. The lowest BCUT2D eigenvalue weighted by Crippen LogP contribution is -2.74. The van der Waals surface area contributed by atoms with Crippen molar-refractivity contribution < 1.29 is 39.0 Å². The molecule has 8 N–H and O–H groups in total. The van der Waals surface area contributed by atoms with E-state index in [9.17, 15) is 39.0 Å². The fourth-order valence-electron chi connectivity index (χ4n) is 4.94. The molecule has 0 aromatic heterocycles. The van der Waals surface area contributed by atoms with Gasteiger partial charge in [0, 0.05) is 18.8 Å². The third-order valence-electron chi connectivity index (χ3n) is 6.87. The normalized spacial score (nSPS) is 16.7. The molecule has 1 heterocycles. The van der Waals surface area contributed by atoms with Crippen LogP contribution >= 0.6 is 0 Å². The van der Waals surface area contributed by atoms with Crippen molar-refractivity contribution in [1.29, 1.82) is 5.41 Å². The zero-order chi connectivity index (χ0) is 31.9. The molecule has 2 aromatic rings. The zero-order valence-corrected chi connectivity index (χ0v) is 23.3. The second-order valence-electron chi connectivity index (χ2n) is 9.82. The van der Waals surface area contributed by atoms with Crippen LogP contribution in [0.3, 0.4) is 0 Å². The van der Waals surface area contributed by atoms with E-state index in [-0.39, 0.29) is 42.5 Å². The molecule has 1 saturated heterocycles. The van der Waals surface area contributed by atoms with E-state index in [1.807, 2.05) is 0 Å². The highest BCUT2D eigenvalue weighted by molar-refractivity contribution is 6.23. The average Bonchev–Trinajstić information content (AvgIpc) is 3.17. The maximum absolute atomic E-state index is 14.1. The number of nitrogens with zero attached hydrogens (tertiary/aromatic N) is 3. The number of nitrogens with two attached hydrogens (primary N) is 2. The van der Waals surface area contributed by atoms with Gasteiger partial charge in [0.05, 0.1) is 12.5 Å². The Labute approximate surface area is 246 Å². The molecular formula is C28H33N7O8. The SMILES string of the molecule is CC(=O)[C@](C(=O)O)(N1C(=O)[C@H](CCCNC(=N)N)N(Cc2ccccc2)C1=O)N(C(=O)[C@@H](N)CC(=O)O)c1ccccc1. The Morgan fingerprint density at radius 1 is 1.05 bits per heavy atom. The van der Waals surface area contributed by atoms with Gasteiger partial charge in [0.1, 0.15) is 6.04 Å². The van der Waals surface area contributed by atoms with Gasteiger partial charge in [-0.05, 0) is 37.5 Å². The van der Waals surface area contributed by atoms with Crippen LogP contribution in [0.5, 0.6) is 0 Å². The van der Waals surface area contributed by atoms with E-state index in [0.29, 0.717) is 10.5 Å². The molecule has 0 aliphatic carbocycles. The maximum Gasteiger partial charge on any atom is 0.360 e. The number of benzene rings is 2. The fraction of sp³-hybridized carbons (Fsp3) is 0.321. The van der Waals surface area contributed by atoms with Gasteiger partial charge < -0.3 is 31.9 Å². The van der Waals surface area contributed by atoms with E-state index in [2.05, 4.69) is 5.32 Å². The van der Waals surface area contributed by atoms with Gasteiger partial charge in [-0.1, -0.05) is 48.5 Å². The minimum atomic E-state index is -3.26. The number of carbonyl (C=O) groups excluding carboxylic acids is 4. The van der Waals surface area contributed by atoms with Crippen molar-refractivity contribution in [1.82, 2.24) is 15.1 Å². The number of Topliss-reactive ketones (excluding diaryl/α,β-unsaturated/α-hetero) is 1. The lowest BCUT2D eigenvalue weighted by Gasteiger charge is -2.43. The smallest absolute Gasteiger partial charge is 0.360 e. The van der Waals surface area contributed by atoms with Crippen molar-refractivity contribution in [3.63, 3.8) is 0 Å². The summed E-state index contributed by atoms with van der Waals surface area (Å²) in [4.78, 5) is 81.9. The number of para-hydroxylation sites is 1. The Hall–Kier alpha value is -5.31. The van der Waals surface area contributed by atoms with Crippen molar-refractivity contribution >= 4 is 47.2 Å². The molecule has 1 aliphatic heterocycles. The Bertz CT molecular complexity index is 1390. The van der Waals surface area contributed by atoms with E-state index in [0.717, 1.165) is 11.8 Å². The summed E-state index contributed by atoms with van der Waals surface area (Å²) in [6.07, 6.45) is -0.726. The first-order valence-electron chi connectivity index (χ1n) is 13.2. The number of imide groups is 1. The van der Waals surface area contributed by atoms with E-state index < -0.39 is 59.7 Å². The summed E-state index contributed by atoms with van der Waals surface area (Å²) in [6.45, 7) is 0.826. The molecule has 0 bridgehead atoms. The summed E-state index contributed by atoms with van der Waals surface area (Å²) in [7, 11) is 0. The summed E-state index contributed by atoms with van der Waals surface area (Å²) in [5, 5.41) is 29.9. The molecule has 43 heavy (non-hydrogen) atoms. The first kappa shape index (κ1) is 32.2. The number of urea groups is 1. The fourth-order valence-corrected chi connectivity index (χ4v) is 4.94. The molecule has 228 valence electrons. The summed E-state index contributed by atoms with van der Waals surface area (Å²) < 4.78 is 0. The molecular weight excluding hydrogens is 562 g/mol. The number of hydrogen-bond donors (Lipinski definition) is 6.